The van der Waals surface area contributed by atoms with Crippen molar-refractivity contribution in [3.63, 3.8) is 0 Å². The van der Waals surface area contributed by atoms with E-state index in [1.807, 2.05) is 0 Å². The molecule has 1 saturated heterocycles. The zero-order chi connectivity index (χ0) is 17.9. The van der Waals surface area contributed by atoms with Gasteiger partial charge in [0.1, 0.15) is 23.8 Å². The lowest BCUT2D eigenvalue weighted by atomic mass is 9.93. The second-order valence-corrected chi connectivity index (χ2v) is 6.36. The third-order valence-corrected chi connectivity index (χ3v) is 4.53. The van der Waals surface area contributed by atoms with Gasteiger partial charge in [0.2, 0.25) is 0 Å². The van der Waals surface area contributed by atoms with Crippen LogP contribution in [0.2, 0.25) is 0 Å². The van der Waals surface area contributed by atoms with Gasteiger partial charge in [0.25, 0.3) is 5.91 Å². The van der Waals surface area contributed by atoms with Crippen LogP contribution in [-0.2, 0) is 11.8 Å². The average Bonchev–Trinajstić information content (AvgIpc) is 3.07. The number of piperidine rings is 1. The van der Waals surface area contributed by atoms with Gasteiger partial charge in [-0.3, -0.25) is 9.48 Å². The smallest absolute Gasteiger partial charge is 0.257 e. The van der Waals surface area contributed by atoms with Gasteiger partial charge in [-0.15, -0.1) is 0 Å². The monoisotopic (exact) mass is 347 g/mol. The molecule has 1 aliphatic rings. The highest BCUT2D eigenvalue weighted by Crippen LogP contribution is 2.27. The van der Waals surface area contributed by atoms with Crippen LogP contribution in [0.3, 0.4) is 0 Å². The number of aryl methyl sites for hydroxylation is 1. The molecule has 1 fully saturated rings. The van der Waals surface area contributed by atoms with Crippen molar-refractivity contribution in [1.82, 2.24) is 14.7 Å². The number of aromatic nitrogens is 2. The lowest BCUT2D eigenvalue weighted by molar-refractivity contribution is -0.0825. The maximum Gasteiger partial charge on any atom is 0.257 e. The first-order chi connectivity index (χ1) is 12.0. The first-order valence-electron chi connectivity index (χ1n) is 8.23. The average molecular weight is 347 g/mol. The summed E-state index contributed by atoms with van der Waals surface area (Å²) < 4.78 is 26.1. The van der Waals surface area contributed by atoms with E-state index in [1.165, 1.54) is 12.1 Å². The highest BCUT2D eigenvalue weighted by molar-refractivity contribution is 5.93. The number of benzene rings is 1. The molecule has 0 radical (unpaired) electrons. The van der Waals surface area contributed by atoms with E-state index >= 15 is 0 Å². The Bertz CT molecular complexity index is 731. The quantitative estimate of drug-likeness (QED) is 0.833. The van der Waals surface area contributed by atoms with E-state index in [2.05, 4.69) is 5.10 Å². The molecule has 0 bridgehead atoms. The van der Waals surface area contributed by atoms with E-state index in [4.69, 9.17) is 9.47 Å². The van der Waals surface area contributed by atoms with Crippen molar-refractivity contribution in [2.24, 2.45) is 7.05 Å². The van der Waals surface area contributed by atoms with E-state index in [-0.39, 0.29) is 11.7 Å². The summed E-state index contributed by atoms with van der Waals surface area (Å²) in [6.45, 7) is 1.42. The van der Waals surface area contributed by atoms with Crippen LogP contribution in [0.5, 0.6) is 5.75 Å². The maximum atomic E-state index is 13.0. The molecule has 2 aromatic rings. The molecule has 0 aliphatic carbocycles. The van der Waals surface area contributed by atoms with Gasteiger partial charge in [0.05, 0.1) is 18.3 Å². The highest BCUT2D eigenvalue weighted by Gasteiger charge is 2.38. The Kier molecular flexibility index (Phi) is 5.03. The highest BCUT2D eigenvalue weighted by atomic mass is 19.1. The van der Waals surface area contributed by atoms with Gasteiger partial charge in [0, 0.05) is 26.9 Å². The van der Waals surface area contributed by atoms with Crippen molar-refractivity contribution in [2.75, 3.05) is 26.8 Å². The van der Waals surface area contributed by atoms with Crippen LogP contribution in [0, 0.1) is 5.82 Å². The fourth-order valence-electron chi connectivity index (χ4n) is 3.07. The van der Waals surface area contributed by atoms with Crippen molar-refractivity contribution in [1.29, 1.82) is 0 Å². The first-order valence-corrected chi connectivity index (χ1v) is 8.23. The predicted molar refractivity (Wildman–Crippen MR) is 90.0 cm³/mol. The second kappa shape index (κ2) is 7.23. The van der Waals surface area contributed by atoms with E-state index in [9.17, 15) is 9.18 Å². The SMILES string of the molecule is CO[C@@]1(COc2ccc(F)cc2)CCCN(C(=O)c2cnn(C)c2)C1. The lowest BCUT2D eigenvalue weighted by Gasteiger charge is -2.41. The zero-order valence-corrected chi connectivity index (χ0v) is 14.4. The molecular formula is C18H22FN3O3. The number of carbonyl (C=O) groups excluding carboxylic acids is 1. The third-order valence-electron chi connectivity index (χ3n) is 4.53. The number of nitrogens with zero attached hydrogens (tertiary/aromatic N) is 3. The van der Waals surface area contributed by atoms with Crippen molar-refractivity contribution >= 4 is 5.91 Å². The summed E-state index contributed by atoms with van der Waals surface area (Å²) in [6, 6.07) is 5.88. The van der Waals surface area contributed by atoms with Crippen molar-refractivity contribution in [2.45, 2.75) is 18.4 Å². The van der Waals surface area contributed by atoms with Crippen LogP contribution in [0.1, 0.15) is 23.2 Å². The van der Waals surface area contributed by atoms with Gasteiger partial charge in [-0.25, -0.2) is 4.39 Å². The molecule has 3 rings (SSSR count). The number of rotatable bonds is 5. The van der Waals surface area contributed by atoms with E-state index in [0.717, 1.165) is 12.8 Å². The van der Waals surface area contributed by atoms with Crippen LogP contribution in [0.4, 0.5) is 4.39 Å². The van der Waals surface area contributed by atoms with Crippen molar-refractivity contribution in [3.8, 4) is 5.75 Å². The lowest BCUT2D eigenvalue weighted by Crippen LogP contribution is -2.54. The molecule has 1 aromatic heterocycles. The molecule has 1 aliphatic heterocycles. The van der Waals surface area contributed by atoms with Gasteiger partial charge >= 0.3 is 0 Å². The molecule has 1 aromatic carbocycles. The minimum atomic E-state index is -0.579. The minimum absolute atomic E-state index is 0.0593. The molecule has 134 valence electrons. The standard InChI is InChI=1S/C18H22FN3O3/c1-21-11-14(10-20-21)17(23)22-9-3-8-18(12-22,24-2)13-25-16-6-4-15(19)5-7-16/h4-7,10-11H,3,8-9,12-13H2,1-2H3/t18-/m0/s1. The van der Waals surface area contributed by atoms with Crippen LogP contribution in [0.15, 0.2) is 36.7 Å². The Morgan fingerprint density at radius 3 is 2.76 bits per heavy atom. The normalized spacial score (nSPS) is 20.5. The molecule has 0 spiro atoms. The molecule has 0 saturated carbocycles. The summed E-state index contributed by atoms with van der Waals surface area (Å²) in [7, 11) is 3.41. The van der Waals surface area contributed by atoms with Crippen molar-refractivity contribution in [3.05, 3.63) is 48.0 Å². The van der Waals surface area contributed by atoms with Crippen LogP contribution < -0.4 is 4.74 Å². The Hall–Kier alpha value is -2.41. The van der Waals surface area contributed by atoms with E-state index in [0.29, 0.717) is 31.0 Å². The van der Waals surface area contributed by atoms with E-state index < -0.39 is 5.60 Å². The number of likely N-dealkylation sites (tertiary alicyclic amines) is 1. The summed E-state index contributed by atoms with van der Waals surface area (Å²) in [4.78, 5) is 14.4. The molecular weight excluding hydrogens is 325 g/mol. The zero-order valence-electron chi connectivity index (χ0n) is 14.4. The summed E-state index contributed by atoms with van der Waals surface area (Å²) in [5.74, 6) is 0.212. The Morgan fingerprint density at radius 1 is 1.36 bits per heavy atom. The van der Waals surface area contributed by atoms with Gasteiger partial charge in [-0.05, 0) is 37.1 Å². The number of amides is 1. The molecule has 1 amide bonds. The number of hydrogen-bond acceptors (Lipinski definition) is 4. The summed E-state index contributed by atoms with van der Waals surface area (Å²) in [6.07, 6.45) is 4.90. The Morgan fingerprint density at radius 2 is 2.12 bits per heavy atom. The van der Waals surface area contributed by atoms with Crippen LogP contribution in [-0.4, -0.2) is 53.0 Å². The number of halogens is 1. The number of carbonyl (C=O) groups is 1. The van der Waals surface area contributed by atoms with Crippen LogP contribution in [0.25, 0.3) is 0 Å². The van der Waals surface area contributed by atoms with E-state index in [1.54, 1.807) is 48.3 Å². The van der Waals surface area contributed by atoms with Crippen molar-refractivity contribution < 1.29 is 18.7 Å². The van der Waals surface area contributed by atoms with Crippen LogP contribution >= 0.6 is 0 Å². The third kappa shape index (κ3) is 3.99. The topological polar surface area (TPSA) is 56.6 Å². The number of ether oxygens (including phenoxy) is 2. The first kappa shape index (κ1) is 17.4. The Labute approximate surface area is 146 Å². The number of hydrogen-bond donors (Lipinski definition) is 0. The molecule has 1 atom stereocenters. The predicted octanol–water partition coefficient (Wildman–Crippen LogP) is 2.26. The molecule has 6 nitrogen and oxygen atoms in total. The maximum absolute atomic E-state index is 13.0. The largest absolute Gasteiger partial charge is 0.491 e. The summed E-state index contributed by atoms with van der Waals surface area (Å²) in [5, 5.41) is 4.05. The molecule has 7 heteroatoms. The van der Waals surface area contributed by atoms with Gasteiger partial charge in [0.15, 0.2) is 0 Å². The second-order valence-electron chi connectivity index (χ2n) is 6.36. The van der Waals surface area contributed by atoms with Gasteiger partial charge < -0.3 is 14.4 Å². The summed E-state index contributed by atoms with van der Waals surface area (Å²) in [5.41, 5.74) is -0.0151. The van der Waals surface area contributed by atoms with Gasteiger partial charge in [-0.1, -0.05) is 0 Å². The fourth-order valence-corrected chi connectivity index (χ4v) is 3.07. The molecule has 0 N–H and O–H groups in total. The fraction of sp³-hybridized carbons (Fsp3) is 0.444. The van der Waals surface area contributed by atoms with Gasteiger partial charge in [-0.2, -0.15) is 5.10 Å². The molecule has 25 heavy (non-hydrogen) atoms. The number of methoxy groups -OCH3 is 1. The minimum Gasteiger partial charge on any atom is -0.491 e. The Balaban J connectivity index is 1.67. The molecule has 2 heterocycles. The summed E-state index contributed by atoms with van der Waals surface area (Å²) >= 11 is 0. The molecule has 0 unspecified atom stereocenters.